The van der Waals surface area contributed by atoms with E-state index in [0.29, 0.717) is 0 Å². The molecular weight excluding hydrogens is 154 g/mol. The average molecular weight is 167 g/mol. The second-order valence-electron chi connectivity index (χ2n) is 2.47. The van der Waals surface area contributed by atoms with Crippen molar-refractivity contribution in [1.82, 2.24) is 14.8 Å². The van der Waals surface area contributed by atoms with Gasteiger partial charge in [0.2, 0.25) is 0 Å². The van der Waals surface area contributed by atoms with E-state index >= 15 is 0 Å². The molecule has 0 aromatic carbocycles. The van der Waals surface area contributed by atoms with Crippen molar-refractivity contribution in [3.05, 3.63) is 18.7 Å². The van der Waals surface area contributed by atoms with E-state index < -0.39 is 0 Å². The van der Waals surface area contributed by atoms with E-state index in [2.05, 4.69) is 17.0 Å². The van der Waals surface area contributed by atoms with Gasteiger partial charge < -0.3 is 5.11 Å². The molecule has 4 heteroatoms. The molecule has 0 bridgehead atoms. The van der Waals surface area contributed by atoms with Crippen LogP contribution in [-0.2, 0) is 0 Å². The van der Waals surface area contributed by atoms with Crippen molar-refractivity contribution in [2.75, 3.05) is 6.61 Å². The minimum absolute atomic E-state index is 0.0508. The highest BCUT2D eigenvalue weighted by Gasteiger charge is 1.98. The van der Waals surface area contributed by atoms with Crippen LogP contribution in [0.2, 0.25) is 0 Å². The molecule has 1 rings (SSSR count). The van der Waals surface area contributed by atoms with Gasteiger partial charge in [0.1, 0.15) is 12.7 Å². The second kappa shape index (κ2) is 4.66. The van der Waals surface area contributed by atoms with Crippen molar-refractivity contribution in [2.45, 2.75) is 19.8 Å². The number of rotatable bonds is 4. The first-order valence-electron chi connectivity index (χ1n) is 4.03. The molecule has 66 valence electrons. The van der Waals surface area contributed by atoms with Gasteiger partial charge in [0.25, 0.3) is 0 Å². The minimum atomic E-state index is 0.0508. The van der Waals surface area contributed by atoms with Gasteiger partial charge in [-0.3, -0.25) is 0 Å². The van der Waals surface area contributed by atoms with Crippen LogP contribution < -0.4 is 0 Å². The van der Waals surface area contributed by atoms with E-state index in [0.717, 1.165) is 18.5 Å². The first-order valence-corrected chi connectivity index (χ1v) is 4.03. The zero-order chi connectivity index (χ0) is 8.81. The Labute approximate surface area is 71.6 Å². The van der Waals surface area contributed by atoms with Crippen LogP contribution in [0, 0.1) is 0 Å². The zero-order valence-electron chi connectivity index (χ0n) is 7.14. The summed E-state index contributed by atoms with van der Waals surface area (Å²) in [4.78, 5) is 3.84. The highest BCUT2D eigenvalue weighted by atomic mass is 16.2. The van der Waals surface area contributed by atoms with Gasteiger partial charge in [0, 0.05) is 5.70 Å². The largest absolute Gasteiger partial charge is 0.392 e. The normalized spacial score (nSPS) is 12.0. The summed E-state index contributed by atoms with van der Waals surface area (Å²) in [5, 5.41) is 12.7. The predicted octanol–water partition coefficient (Wildman–Crippen LogP) is 0.911. The van der Waals surface area contributed by atoms with Crippen LogP contribution in [0.15, 0.2) is 18.7 Å². The van der Waals surface area contributed by atoms with E-state index in [9.17, 15) is 0 Å². The van der Waals surface area contributed by atoms with E-state index in [1.165, 1.54) is 6.33 Å². The van der Waals surface area contributed by atoms with Gasteiger partial charge in [-0.2, -0.15) is 5.10 Å². The Hall–Kier alpha value is -1.16. The lowest BCUT2D eigenvalue weighted by atomic mass is 10.2. The standard InChI is InChI=1S/C8H13N3O/c1-2-3-8(4-5-12)11-7-9-6-10-11/h4,6-7,12H,2-3,5H2,1H3. The third kappa shape index (κ3) is 2.17. The highest BCUT2D eigenvalue weighted by molar-refractivity contribution is 5.42. The van der Waals surface area contributed by atoms with E-state index in [-0.39, 0.29) is 6.61 Å². The summed E-state index contributed by atoms with van der Waals surface area (Å²) in [5.41, 5.74) is 0.998. The molecule has 1 heterocycles. The van der Waals surface area contributed by atoms with E-state index in [1.54, 1.807) is 17.1 Å². The summed E-state index contributed by atoms with van der Waals surface area (Å²) < 4.78 is 1.68. The lowest BCUT2D eigenvalue weighted by Gasteiger charge is -2.03. The van der Waals surface area contributed by atoms with Crippen LogP contribution >= 0.6 is 0 Å². The molecule has 0 radical (unpaired) electrons. The maximum absolute atomic E-state index is 8.72. The smallest absolute Gasteiger partial charge is 0.138 e. The summed E-state index contributed by atoms with van der Waals surface area (Å²) in [6.45, 7) is 2.14. The van der Waals surface area contributed by atoms with Crippen molar-refractivity contribution in [3.8, 4) is 0 Å². The molecular formula is C8H13N3O. The number of aromatic nitrogens is 3. The molecule has 0 aliphatic heterocycles. The van der Waals surface area contributed by atoms with Gasteiger partial charge in [-0.05, 0) is 12.5 Å². The van der Waals surface area contributed by atoms with Gasteiger partial charge in [0.15, 0.2) is 0 Å². The molecule has 0 aliphatic rings. The van der Waals surface area contributed by atoms with Crippen LogP contribution in [0.3, 0.4) is 0 Å². The third-order valence-electron chi connectivity index (χ3n) is 1.55. The number of allylic oxidation sites excluding steroid dienone is 1. The number of hydrogen-bond donors (Lipinski definition) is 1. The molecule has 4 nitrogen and oxygen atoms in total. The third-order valence-corrected chi connectivity index (χ3v) is 1.55. The Kier molecular flexibility index (Phi) is 3.47. The maximum atomic E-state index is 8.72. The number of hydrogen-bond acceptors (Lipinski definition) is 3. The van der Waals surface area contributed by atoms with Crippen molar-refractivity contribution in [1.29, 1.82) is 0 Å². The molecule has 0 atom stereocenters. The Morgan fingerprint density at radius 3 is 3.00 bits per heavy atom. The number of aliphatic hydroxyl groups is 1. The fraction of sp³-hybridized carbons (Fsp3) is 0.500. The summed E-state index contributed by atoms with van der Waals surface area (Å²) in [5.74, 6) is 0. The van der Waals surface area contributed by atoms with Crippen LogP contribution in [0.4, 0.5) is 0 Å². The monoisotopic (exact) mass is 167 g/mol. The van der Waals surface area contributed by atoms with Crippen LogP contribution in [0.5, 0.6) is 0 Å². The molecule has 1 N–H and O–H groups in total. The minimum Gasteiger partial charge on any atom is -0.392 e. The lowest BCUT2D eigenvalue weighted by Crippen LogP contribution is -1.98. The van der Waals surface area contributed by atoms with Gasteiger partial charge in [-0.1, -0.05) is 13.3 Å². The molecule has 0 saturated carbocycles. The Morgan fingerprint density at radius 2 is 2.50 bits per heavy atom. The second-order valence-corrected chi connectivity index (χ2v) is 2.47. The molecule has 0 aliphatic carbocycles. The SMILES string of the molecule is CCCC(=CCO)n1cncn1. The van der Waals surface area contributed by atoms with E-state index in [1.807, 2.05) is 0 Å². The molecule has 1 aromatic heterocycles. The number of nitrogens with zero attached hydrogens (tertiary/aromatic N) is 3. The van der Waals surface area contributed by atoms with Crippen LogP contribution in [-0.4, -0.2) is 26.5 Å². The summed E-state index contributed by atoms with van der Waals surface area (Å²) >= 11 is 0. The molecule has 0 amide bonds. The maximum Gasteiger partial charge on any atom is 0.138 e. The fourth-order valence-corrected chi connectivity index (χ4v) is 1.03. The van der Waals surface area contributed by atoms with Crippen LogP contribution in [0.25, 0.3) is 5.70 Å². The predicted molar refractivity (Wildman–Crippen MR) is 46.3 cm³/mol. The number of aliphatic hydroxyl groups excluding tert-OH is 1. The van der Waals surface area contributed by atoms with Crippen molar-refractivity contribution < 1.29 is 5.11 Å². The molecule has 1 aromatic rings. The lowest BCUT2D eigenvalue weighted by molar-refractivity contribution is 0.342. The Balaban J connectivity index is 2.73. The molecule has 12 heavy (non-hydrogen) atoms. The molecule has 0 spiro atoms. The summed E-state index contributed by atoms with van der Waals surface area (Å²) in [7, 11) is 0. The topological polar surface area (TPSA) is 50.9 Å². The van der Waals surface area contributed by atoms with Crippen LogP contribution in [0.1, 0.15) is 19.8 Å². The van der Waals surface area contributed by atoms with Crippen molar-refractivity contribution >= 4 is 5.70 Å². The highest BCUT2D eigenvalue weighted by Crippen LogP contribution is 2.08. The molecule has 0 unspecified atom stereocenters. The van der Waals surface area contributed by atoms with Gasteiger partial charge in [-0.25, -0.2) is 9.67 Å². The van der Waals surface area contributed by atoms with Crippen molar-refractivity contribution in [2.24, 2.45) is 0 Å². The first kappa shape index (κ1) is 8.93. The van der Waals surface area contributed by atoms with E-state index in [4.69, 9.17) is 5.11 Å². The Bertz CT molecular complexity index is 241. The first-order chi connectivity index (χ1) is 5.88. The zero-order valence-corrected chi connectivity index (χ0v) is 7.14. The van der Waals surface area contributed by atoms with Gasteiger partial charge in [0.05, 0.1) is 6.61 Å². The summed E-state index contributed by atoms with van der Waals surface area (Å²) in [6.07, 6.45) is 6.81. The quantitative estimate of drug-likeness (QED) is 0.725. The van der Waals surface area contributed by atoms with Gasteiger partial charge in [-0.15, -0.1) is 0 Å². The molecule has 0 fully saturated rings. The molecule has 0 saturated heterocycles. The van der Waals surface area contributed by atoms with Gasteiger partial charge >= 0.3 is 0 Å². The van der Waals surface area contributed by atoms with Crippen molar-refractivity contribution in [3.63, 3.8) is 0 Å². The fourth-order valence-electron chi connectivity index (χ4n) is 1.03. The average Bonchev–Trinajstić information content (AvgIpc) is 2.56. The summed E-state index contributed by atoms with van der Waals surface area (Å²) in [6, 6.07) is 0. The Morgan fingerprint density at radius 1 is 1.67 bits per heavy atom.